The van der Waals surface area contributed by atoms with Crippen LogP contribution >= 0.6 is 11.3 Å². The number of benzene rings is 1. The molecule has 2 aromatic heterocycles. The lowest BCUT2D eigenvalue weighted by Crippen LogP contribution is -2.50. The summed E-state index contributed by atoms with van der Waals surface area (Å²) in [5, 5.41) is 17.5. The Morgan fingerprint density at radius 3 is 2.71 bits per heavy atom. The number of rotatable bonds is 9. The molecule has 31 heavy (non-hydrogen) atoms. The third kappa shape index (κ3) is 6.39. The summed E-state index contributed by atoms with van der Waals surface area (Å²) in [4.78, 5) is 24.2. The van der Waals surface area contributed by atoms with E-state index in [0.717, 1.165) is 22.0 Å². The number of carbonyl (C=O) groups is 1. The van der Waals surface area contributed by atoms with Crippen LogP contribution < -0.4 is 15.4 Å². The maximum atomic E-state index is 11.2. The summed E-state index contributed by atoms with van der Waals surface area (Å²) in [6.07, 6.45) is 3.04. The van der Waals surface area contributed by atoms with Gasteiger partial charge in [-0.2, -0.15) is 0 Å². The Kier molecular flexibility index (Phi) is 7.06. The van der Waals surface area contributed by atoms with Crippen LogP contribution in [0.15, 0.2) is 42.0 Å². The number of anilines is 2. The van der Waals surface area contributed by atoms with Gasteiger partial charge in [-0.1, -0.05) is 13.8 Å². The zero-order valence-corrected chi connectivity index (χ0v) is 18.9. The number of hydrogen-bond donors (Lipinski definition) is 3. The highest BCUT2D eigenvalue weighted by molar-refractivity contribution is 7.13. The Hall–Kier alpha value is -3.20. The van der Waals surface area contributed by atoms with Gasteiger partial charge in [-0.3, -0.25) is 0 Å². The van der Waals surface area contributed by atoms with Gasteiger partial charge in [-0.15, -0.1) is 11.3 Å². The highest BCUT2D eigenvalue weighted by Gasteiger charge is 2.28. The molecule has 9 heteroatoms. The van der Waals surface area contributed by atoms with E-state index < -0.39 is 11.6 Å². The van der Waals surface area contributed by atoms with Gasteiger partial charge in [0.05, 0.1) is 11.2 Å². The molecule has 0 spiro atoms. The number of carboxylic acid groups (broad SMARTS) is 1. The van der Waals surface area contributed by atoms with Gasteiger partial charge in [-0.05, 0) is 56.0 Å². The lowest BCUT2D eigenvalue weighted by molar-refractivity contribution is 0.143. The lowest BCUT2D eigenvalue weighted by atomic mass is 9.91. The molecule has 8 nitrogen and oxygen atoms in total. The van der Waals surface area contributed by atoms with Crippen molar-refractivity contribution in [1.82, 2.24) is 20.3 Å². The predicted molar refractivity (Wildman–Crippen MR) is 122 cm³/mol. The van der Waals surface area contributed by atoms with E-state index in [4.69, 9.17) is 4.74 Å². The number of nitrogens with zero attached hydrogens (tertiary/aromatic N) is 3. The number of aryl methyl sites for hydroxylation is 1. The first-order chi connectivity index (χ1) is 14.7. The first-order valence-electron chi connectivity index (χ1n) is 9.98. The van der Waals surface area contributed by atoms with E-state index in [0.29, 0.717) is 24.0 Å². The Morgan fingerprint density at radius 1 is 1.26 bits per heavy atom. The third-order valence-electron chi connectivity index (χ3n) is 4.59. The molecule has 0 aliphatic heterocycles. The van der Waals surface area contributed by atoms with Crippen molar-refractivity contribution < 1.29 is 14.6 Å². The molecule has 0 fully saturated rings. The van der Waals surface area contributed by atoms with Gasteiger partial charge < -0.3 is 20.5 Å². The van der Waals surface area contributed by atoms with Crippen LogP contribution in [0, 0.1) is 12.8 Å². The zero-order chi connectivity index (χ0) is 22.4. The van der Waals surface area contributed by atoms with Crippen molar-refractivity contribution in [3.05, 3.63) is 47.6 Å². The Bertz CT molecular complexity index is 1030. The van der Waals surface area contributed by atoms with E-state index in [2.05, 4.69) is 39.4 Å². The first-order valence-corrected chi connectivity index (χ1v) is 10.9. The second-order valence-electron chi connectivity index (χ2n) is 8.09. The molecule has 1 amide bonds. The highest BCUT2D eigenvalue weighted by Crippen LogP contribution is 2.27. The molecule has 0 aliphatic rings. The van der Waals surface area contributed by atoms with Crippen LogP contribution in [0.5, 0.6) is 5.75 Å². The highest BCUT2D eigenvalue weighted by atomic mass is 32.1. The van der Waals surface area contributed by atoms with E-state index in [1.807, 2.05) is 43.5 Å². The number of hydrogen-bond acceptors (Lipinski definition) is 7. The summed E-state index contributed by atoms with van der Waals surface area (Å²) in [5.74, 6) is 1.52. The molecule has 3 aromatic rings. The molecule has 0 saturated carbocycles. The summed E-state index contributed by atoms with van der Waals surface area (Å²) in [6, 6.07) is 7.66. The van der Waals surface area contributed by atoms with Crippen LogP contribution in [0.2, 0.25) is 0 Å². The van der Waals surface area contributed by atoms with Crippen molar-refractivity contribution in [2.45, 2.75) is 39.7 Å². The predicted octanol–water partition coefficient (Wildman–Crippen LogP) is 5.10. The Labute approximate surface area is 185 Å². The largest absolute Gasteiger partial charge is 0.491 e. The minimum absolute atomic E-state index is 0.243. The quantitative estimate of drug-likeness (QED) is 0.424. The number of nitrogens with one attached hydrogen (secondary N) is 2. The molecular weight excluding hydrogens is 414 g/mol. The first kappa shape index (κ1) is 22.5. The standard InChI is InChI=1S/C22H27N5O3S/c1-14(2)12-22(4,27-21(28)29)13-30-18-6-5-16(11-15(18)3)17-7-8-23-19(25-17)26-20-24-9-10-31-20/h5-11,14,27H,12-13H2,1-4H3,(H,28,29)(H,23,24,25,26). The lowest BCUT2D eigenvalue weighted by Gasteiger charge is -2.31. The van der Waals surface area contributed by atoms with Gasteiger partial charge in [0.15, 0.2) is 5.13 Å². The number of amides is 1. The molecular formula is C22H27N5O3S. The van der Waals surface area contributed by atoms with Crippen LogP contribution in [0.4, 0.5) is 15.9 Å². The van der Waals surface area contributed by atoms with Crippen molar-refractivity contribution in [1.29, 1.82) is 0 Å². The maximum Gasteiger partial charge on any atom is 0.405 e. The molecule has 1 atom stereocenters. The van der Waals surface area contributed by atoms with Crippen LogP contribution in [0.3, 0.4) is 0 Å². The van der Waals surface area contributed by atoms with Crippen LogP contribution in [-0.4, -0.2) is 38.3 Å². The molecule has 0 radical (unpaired) electrons. The minimum atomic E-state index is -1.05. The molecule has 1 unspecified atom stereocenters. The van der Waals surface area contributed by atoms with E-state index in [9.17, 15) is 9.90 Å². The van der Waals surface area contributed by atoms with Gasteiger partial charge in [0, 0.05) is 23.3 Å². The average molecular weight is 442 g/mol. The molecule has 164 valence electrons. The summed E-state index contributed by atoms with van der Waals surface area (Å²) < 4.78 is 6.01. The smallest absolute Gasteiger partial charge is 0.405 e. The van der Waals surface area contributed by atoms with Crippen molar-refractivity contribution in [3.63, 3.8) is 0 Å². The van der Waals surface area contributed by atoms with E-state index >= 15 is 0 Å². The van der Waals surface area contributed by atoms with Crippen molar-refractivity contribution in [3.8, 4) is 17.0 Å². The maximum absolute atomic E-state index is 11.2. The number of ether oxygens (including phenoxy) is 1. The summed E-state index contributed by atoms with van der Waals surface area (Å²) in [7, 11) is 0. The molecule has 2 heterocycles. The van der Waals surface area contributed by atoms with E-state index in [-0.39, 0.29) is 6.61 Å². The number of aromatic nitrogens is 3. The number of thiazole rings is 1. The second-order valence-corrected chi connectivity index (χ2v) is 8.98. The summed E-state index contributed by atoms with van der Waals surface area (Å²) in [5.41, 5.74) is 1.98. The molecule has 1 aromatic carbocycles. The van der Waals surface area contributed by atoms with E-state index in [1.165, 1.54) is 11.3 Å². The van der Waals surface area contributed by atoms with Gasteiger partial charge in [0.2, 0.25) is 5.95 Å². The molecule has 3 N–H and O–H groups in total. The Balaban J connectivity index is 1.73. The van der Waals surface area contributed by atoms with Crippen molar-refractivity contribution >= 4 is 28.5 Å². The van der Waals surface area contributed by atoms with Crippen molar-refractivity contribution in [2.75, 3.05) is 11.9 Å². The van der Waals surface area contributed by atoms with Gasteiger partial charge in [0.1, 0.15) is 12.4 Å². The molecule has 0 aliphatic carbocycles. The van der Waals surface area contributed by atoms with E-state index in [1.54, 1.807) is 12.4 Å². The SMILES string of the molecule is Cc1cc(-c2ccnc(Nc3nccs3)n2)ccc1OCC(C)(CC(C)C)NC(=O)O. The summed E-state index contributed by atoms with van der Waals surface area (Å²) >= 11 is 1.48. The Morgan fingerprint density at radius 2 is 2.06 bits per heavy atom. The fourth-order valence-corrected chi connectivity index (χ4v) is 4.00. The molecule has 3 rings (SSSR count). The minimum Gasteiger partial charge on any atom is -0.491 e. The second kappa shape index (κ2) is 9.74. The molecule has 0 bridgehead atoms. The van der Waals surface area contributed by atoms with Crippen molar-refractivity contribution in [2.24, 2.45) is 5.92 Å². The van der Waals surface area contributed by atoms with Crippen LogP contribution in [-0.2, 0) is 0 Å². The van der Waals surface area contributed by atoms with Crippen LogP contribution in [0.1, 0.15) is 32.8 Å². The third-order valence-corrected chi connectivity index (χ3v) is 5.28. The summed E-state index contributed by atoms with van der Waals surface area (Å²) in [6.45, 7) is 8.18. The van der Waals surface area contributed by atoms with Gasteiger partial charge >= 0.3 is 6.09 Å². The fraction of sp³-hybridized carbons (Fsp3) is 0.364. The normalized spacial score (nSPS) is 12.9. The fourth-order valence-electron chi connectivity index (χ4n) is 3.47. The molecule has 0 saturated heterocycles. The monoisotopic (exact) mass is 441 g/mol. The van der Waals surface area contributed by atoms with Gasteiger partial charge in [0.25, 0.3) is 0 Å². The average Bonchev–Trinajstić information content (AvgIpc) is 3.19. The zero-order valence-electron chi connectivity index (χ0n) is 18.0. The topological polar surface area (TPSA) is 109 Å². The van der Waals surface area contributed by atoms with Crippen LogP contribution in [0.25, 0.3) is 11.3 Å². The van der Waals surface area contributed by atoms with Gasteiger partial charge in [-0.25, -0.2) is 19.7 Å².